The number of carbonyl (C=O) groups is 1. The molecule has 122 valence electrons. The molecule has 0 amide bonds. The van der Waals surface area contributed by atoms with E-state index in [0.29, 0.717) is 0 Å². The number of para-hydroxylation sites is 2. The van der Waals surface area contributed by atoms with Crippen LogP contribution in [0, 0.1) is 0 Å². The molecule has 0 aliphatic carbocycles. The fourth-order valence-electron chi connectivity index (χ4n) is 1.54. The van der Waals surface area contributed by atoms with E-state index in [0.717, 1.165) is 0 Å². The molecule has 0 bridgehead atoms. The average Bonchev–Trinajstić information content (AvgIpc) is 2.54. The molecule has 7 nitrogen and oxygen atoms in total. The van der Waals surface area contributed by atoms with Crippen molar-refractivity contribution in [2.75, 3.05) is 6.61 Å². The average molecular weight is 337 g/mol. The normalized spacial score (nSPS) is 12.4. The number of phosphoric acid groups is 1. The predicted molar refractivity (Wildman–Crippen MR) is 83.3 cm³/mol. The standard InChI is InChI=1S/C15H16NO6P/c16-14(15(17)18)11-20-23(19,21-12-7-3-1-4-8-12)22-13-9-5-2-6-10-13/h1-10,14H,11,16H2,(H,17,18)/t14-/m0/s1. The van der Waals surface area contributed by atoms with E-state index in [2.05, 4.69) is 0 Å². The van der Waals surface area contributed by atoms with E-state index in [4.69, 9.17) is 24.4 Å². The lowest BCUT2D eigenvalue weighted by atomic mass is 10.3. The molecule has 0 aromatic heterocycles. The molecule has 0 spiro atoms. The molecule has 3 N–H and O–H groups in total. The highest BCUT2D eigenvalue weighted by Crippen LogP contribution is 2.49. The maximum Gasteiger partial charge on any atom is 0.587 e. The van der Waals surface area contributed by atoms with Gasteiger partial charge in [-0.05, 0) is 24.3 Å². The van der Waals surface area contributed by atoms with Gasteiger partial charge in [-0.3, -0.25) is 9.32 Å². The van der Waals surface area contributed by atoms with Crippen LogP contribution in [0.5, 0.6) is 11.5 Å². The van der Waals surface area contributed by atoms with Crippen LogP contribution in [0.1, 0.15) is 0 Å². The maximum absolute atomic E-state index is 12.8. The molecule has 2 aromatic carbocycles. The fourth-order valence-corrected chi connectivity index (χ4v) is 2.78. The Bertz CT molecular complexity index is 633. The van der Waals surface area contributed by atoms with E-state index < -0.39 is 26.4 Å². The van der Waals surface area contributed by atoms with Gasteiger partial charge >= 0.3 is 13.8 Å². The number of nitrogens with two attached hydrogens (primary N) is 1. The highest BCUT2D eigenvalue weighted by Gasteiger charge is 2.32. The van der Waals surface area contributed by atoms with Crippen molar-refractivity contribution < 1.29 is 28.0 Å². The van der Waals surface area contributed by atoms with Crippen molar-refractivity contribution in [3.63, 3.8) is 0 Å². The van der Waals surface area contributed by atoms with Gasteiger partial charge < -0.3 is 19.9 Å². The summed E-state index contributed by atoms with van der Waals surface area (Å²) >= 11 is 0. The molecule has 0 heterocycles. The van der Waals surface area contributed by atoms with Crippen molar-refractivity contribution in [2.24, 2.45) is 5.73 Å². The lowest BCUT2D eigenvalue weighted by Crippen LogP contribution is -2.34. The van der Waals surface area contributed by atoms with Crippen LogP contribution >= 0.6 is 7.82 Å². The Morgan fingerprint density at radius 3 is 1.83 bits per heavy atom. The second-order valence-electron chi connectivity index (χ2n) is 4.50. The Balaban J connectivity index is 2.15. The quantitative estimate of drug-likeness (QED) is 0.713. The number of phosphoric ester groups is 1. The molecule has 2 rings (SSSR count). The Morgan fingerprint density at radius 1 is 1.00 bits per heavy atom. The zero-order valence-corrected chi connectivity index (χ0v) is 13.0. The first-order valence-corrected chi connectivity index (χ1v) is 8.17. The first kappa shape index (κ1) is 17.0. The minimum atomic E-state index is -4.10. The largest absolute Gasteiger partial charge is 0.587 e. The first-order chi connectivity index (χ1) is 11.0. The van der Waals surface area contributed by atoms with Gasteiger partial charge in [0.05, 0.1) is 6.61 Å². The summed E-state index contributed by atoms with van der Waals surface area (Å²) in [7, 11) is -4.10. The van der Waals surface area contributed by atoms with Gasteiger partial charge in [-0.15, -0.1) is 0 Å². The van der Waals surface area contributed by atoms with E-state index in [1.165, 1.54) is 0 Å². The third-order valence-corrected chi connectivity index (χ3v) is 3.98. The lowest BCUT2D eigenvalue weighted by molar-refractivity contribution is -0.139. The molecule has 0 aliphatic heterocycles. The highest BCUT2D eigenvalue weighted by molar-refractivity contribution is 7.49. The number of benzene rings is 2. The summed E-state index contributed by atoms with van der Waals surface area (Å²) in [5, 5.41) is 8.78. The number of hydrogen-bond donors (Lipinski definition) is 2. The second kappa shape index (κ2) is 7.78. The van der Waals surface area contributed by atoms with E-state index >= 15 is 0 Å². The Morgan fingerprint density at radius 2 is 1.43 bits per heavy atom. The second-order valence-corrected chi connectivity index (χ2v) is 6.01. The van der Waals surface area contributed by atoms with Gasteiger partial charge in [-0.1, -0.05) is 36.4 Å². The van der Waals surface area contributed by atoms with Crippen LogP contribution in [0.3, 0.4) is 0 Å². The van der Waals surface area contributed by atoms with Crippen LogP contribution in [0.2, 0.25) is 0 Å². The first-order valence-electron chi connectivity index (χ1n) is 6.71. The van der Waals surface area contributed by atoms with Crippen molar-refractivity contribution in [3.05, 3.63) is 60.7 Å². The number of hydrogen-bond acceptors (Lipinski definition) is 6. The van der Waals surface area contributed by atoms with Crippen LogP contribution < -0.4 is 14.8 Å². The molecule has 8 heteroatoms. The predicted octanol–water partition coefficient (Wildman–Crippen LogP) is 2.68. The summed E-state index contributed by atoms with van der Waals surface area (Å²) in [6.07, 6.45) is 0. The van der Waals surface area contributed by atoms with Crippen LogP contribution in [0.15, 0.2) is 60.7 Å². The zero-order chi connectivity index (χ0) is 16.7. The Hall–Kier alpha value is -2.34. The molecule has 0 saturated heterocycles. The summed E-state index contributed by atoms with van der Waals surface area (Å²) in [5.74, 6) is -0.762. The summed E-state index contributed by atoms with van der Waals surface area (Å²) < 4.78 is 28.4. The Labute approximate surface area is 133 Å². The minimum Gasteiger partial charge on any atom is -0.480 e. The van der Waals surface area contributed by atoms with E-state index in [-0.39, 0.29) is 11.5 Å². The van der Waals surface area contributed by atoms with Gasteiger partial charge in [0.25, 0.3) is 0 Å². The van der Waals surface area contributed by atoms with Crippen molar-refractivity contribution >= 4 is 13.8 Å². The molecule has 0 radical (unpaired) electrons. The summed E-state index contributed by atoms with van der Waals surface area (Å²) in [6, 6.07) is 15.2. The fraction of sp³-hybridized carbons (Fsp3) is 0.133. The monoisotopic (exact) mass is 337 g/mol. The lowest BCUT2D eigenvalue weighted by Gasteiger charge is -2.19. The molecule has 1 atom stereocenters. The summed E-state index contributed by atoms with van der Waals surface area (Å²) in [6.45, 7) is -0.522. The van der Waals surface area contributed by atoms with Gasteiger partial charge in [0.2, 0.25) is 0 Å². The molecule has 2 aromatic rings. The van der Waals surface area contributed by atoms with Gasteiger partial charge in [0.15, 0.2) is 0 Å². The molecular formula is C15H16NO6P. The van der Waals surface area contributed by atoms with Gasteiger partial charge in [-0.2, -0.15) is 0 Å². The van der Waals surface area contributed by atoms with Gasteiger partial charge in [0, 0.05) is 0 Å². The van der Waals surface area contributed by atoms with Crippen LogP contribution in [-0.4, -0.2) is 23.7 Å². The Kier molecular flexibility index (Phi) is 5.76. The van der Waals surface area contributed by atoms with Crippen molar-refractivity contribution in [1.29, 1.82) is 0 Å². The van der Waals surface area contributed by atoms with Crippen LogP contribution in [0.4, 0.5) is 0 Å². The number of rotatable bonds is 8. The van der Waals surface area contributed by atoms with E-state index in [1.807, 2.05) is 0 Å². The third kappa shape index (κ3) is 5.41. The molecule has 0 saturated carbocycles. The number of carboxylic acid groups (broad SMARTS) is 1. The van der Waals surface area contributed by atoms with E-state index in [1.54, 1.807) is 60.7 Å². The van der Waals surface area contributed by atoms with Gasteiger partial charge in [0.1, 0.15) is 17.5 Å². The maximum atomic E-state index is 12.8. The topological polar surface area (TPSA) is 108 Å². The SMILES string of the molecule is N[C@@H](COP(=O)(Oc1ccccc1)Oc1ccccc1)C(=O)O. The van der Waals surface area contributed by atoms with Crippen molar-refractivity contribution in [2.45, 2.75) is 6.04 Å². The van der Waals surface area contributed by atoms with Crippen molar-refractivity contribution in [3.8, 4) is 11.5 Å². The molecule has 23 heavy (non-hydrogen) atoms. The summed E-state index contributed by atoms with van der Waals surface area (Å²) in [5.41, 5.74) is 5.35. The molecule has 0 unspecified atom stereocenters. The number of carboxylic acids is 1. The zero-order valence-electron chi connectivity index (χ0n) is 12.1. The number of aliphatic carboxylic acids is 1. The molecular weight excluding hydrogens is 321 g/mol. The smallest absolute Gasteiger partial charge is 0.480 e. The van der Waals surface area contributed by atoms with E-state index in [9.17, 15) is 9.36 Å². The van der Waals surface area contributed by atoms with Gasteiger partial charge in [-0.25, -0.2) is 4.57 Å². The molecule has 0 aliphatic rings. The van der Waals surface area contributed by atoms with Crippen molar-refractivity contribution in [1.82, 2.24) is 0 Å². The van der Waals surface area contributed by atoms with Crippen LogP contribution in [-0.2, 0) is 13.9 Å². The molecule has 0 fully saturated rings. The van der Waals surface area contributed by atoms with Crippen LogP contribution in [0.25, 0.3) is 0 Å². The third-order valence-electron chi connectivity index (χ3n) is 2.65. The highest BCUT2D eigenvalue weighted by atomic mass is 31.2. The summed E-state index contributed by atoms with van der Waals surface area (Å²) in [4.78, 5) is 10.8. The minimum absolute atomic E-state index is 0.260.